The van der Waals surface area contributed by atoms with E-state index in [-0.39, 0.29) is 6.10 Å². The van der Waals surface area contributed by atoms with Crippen LogP contribution in [0.5, 0.6) is 0 Å². The molecule has 2 aromatic rings. The molecule has 0 aromatic heterocycles. The third kappa shape index (κ3) is 5.86. The van der Waals surface area contributed by atoms with E-state index >= 15 is 0 Å². The zero-order valence-electron chi connectivity index (χ0n) is 15.6. The minimum atomic E-state index is -0.109. The molecular weight excluding hydrogens is 308 g/mol. The van der Waals surface area contributed by atoms with Gasteiger partial charge in [0.05, 0.1) is 12.2 Å². The molecule has 0 bridgehead atoms. The smallest absolute Gasteiger partial charge is 0.271 e. The quantitative estimate of drug-likeness (QED) is 0.344. The molecule has 0 spiro atoms. The number of allylic oxidation sites excluding steroid dienone is 2. The van der Waals surface area contributed by atoms with E-state index < -0.39 is 0 Å². The van der Waals surface area contributed by atoms with Gasteiger partial charge in [0.2, 0.25) is 6.08 Å². The second kappa shape index (κ2) is 9.78. The van der Waals surface area contributed by atoms with Gasteiger partial charge < -0.3 is 9.47 Å². The van der Waals surface area contributed by atoms with Crippen LogP contribution in [0.4, 0.5) is 0 Å². The molecule has 0 amide bonds. The molecule has 25 heavy (non-hydrogen) atoms. The van der Waals surface area contributed by atoms with Gasteiger partial charge in [-0.05, 0) is 45.4 Å². The maximum absolute atomic E-state index is 5.84. The molecule has 0 saturated heterocycles. The van der Waals surface area contributed by atoms with Crippen LogP contribution in [0.1, 0.15) is 42.2 Å². The highest BCUT2D eigenvalue weighted by Crippen LogP contribution is 2.21. The lowest BCUT2D eigenvalue weighted by atomic mass is 10.1. The van der Waals surface area contributed by atoms with Crippen molar-refractivity contribution in [2.45, 2.75) is 33.8 Å². The molecule has 0 aliphatic rings. The Morgan fingerprint density at radius 3 is 2.08 bits per heavy atom. The van der Waals surface area contributed by atoms with Crippen molar-refractivity contribution in [2.24, 2.45) is 0 Å². The molecule has 0 fully saturated rings. The largest absolute Gasteiger partial charge is 0.406 e. The Hall–Kier alpha value is -2.41. The van der Waals surface area contributed by atoms with Crippen LogP contribution in [0.25, 0.3) is 5.76 Å². The van der Waals surface area contributed by atoms with Crippen molar-refractivity contribution in [3.05, 3.63) is 89.0 Å². The first-order valence-electron chi connectivity index (χ1n) is 8.81. The Bertz CT molecular complexity index is 694. The highest BCUT2D eigenvalue weighted by atomic mass is 16.5. The summed E-state index contributed by atoms with van der Waals surface area (Å²) in [5.74, 6) is 0.818. The molecule has 0 aliphatic carbocycles. The summed E-state index contributed by atoms with van der Waals surface area (Å²) in [5.41, 5.74) is 4.65. The number of benzene rings is 2. The monoisotopic (exact) mass is 335 g/mol. The summed E-state index contributed by atoms with van der Waals surface area (Å²) in [5, 5.41) is 0. The summed E-state index contributed by atoms with van der Waals surface area (Å²) in [4.78, 5) is 0. The van der Waals surface area contributed by atoms with E-state index in [2.05, 4.69) is 68.5 Å². The maximum atomic E-state index is 5.84. The second-order valence-electron chi connectivity index (χ2n) is 5.93. The van der Waals surface area contributed by atoms with Gasteiger partial charge in [0, 0.05) is 6.61 Å². The Labute approximate surface area is 151 Å². The molecule has 2 rings (SSSR count). The average molecular weight is 335 g/mol. The van der Waals surface area contributed by atoms with E-state index in [9.17, 15) is 0 Å². The van der Waals surface area contributed by atoms with E-state index in [4.69, 9.17) is 9.47 Å². The Morgan fingerprint density at radius 1 is 0.920 bits per heavy atom. The minimum absolute atomic E-state index is 0.109. The molecule has 0 aliphatic heterocycles. The molecule has 130 valence electrons. The Kier molecular flexibility index (Phi) is 7.40. The Balaban J connectivity index is 2.20. The van der Waals surface area contributed by atoms with Gasteiger partial charge in [0.1, 0.15) is 18.3 Å². The molecule has 0 heterocycles. The van der Waals surface area contributed by atoms with E-state index in [1.807, 2.05) is 26.0 Å². The van der Waals surface area contributed by atoms with Gasteiger partial charge in [0.25, 0.3) is 5.76 Å². The van der Waals surface area contributed by atoms with Crippen molar-refractivity contribution >= 4 is 5.76 Å². The minimum Gasteiger partial charge on any atom is -0.406 e. The first kappa shape index (κ1) is 18.9. The molecule has 1 unspecified atom stereocenters. The van der Waals surface area contributed by atoms with Crippen molar-refractivity contribution in [1.82, 2.24) is 0 Å². The summed E-state index contributed by atoms with van der Waals surface area (Å²) in [7, 11) is 0. The van der Waals surface area contributed by atoms with Gasteiger partial charge in [-0.15, -0.1) is 0 Å². The number of hydrogen-bond donors (Lipinski definition) is 0. The Morgan fingerprint density at radius 2 is 1.52 bits per heavy atom. The predicted molar refractivity (Wildman–Crippen MR) is 104 cm³/mol. The van der Waals surface area contributed by atoms with Crippen LogP contribution in [0.2, 0.25) is 0 Å². The first-order chi connectivity index (χ1) is 12.1. The molecule has 2 nitrogen and oxygen atoms in total. The van der Waals surface area contributed by atoms with Crippen molar-refractivity contribution in [3.63, 3.8) is 0 Å². The lowest BCUT2D eigenvalue weighted by Gasteiger charge is -2.11. The van der Waals surface area contributed by atoms with Crippen LogP contribution >= 0.6 is 0 Å². The lowest BCUT2D eigenvalue weighted by molar-refractivity contribution is 0.0965. The summed E-state index contributed by atoms with van der Waals surface area (Å²) >= 11 is 0. The molecule has 2 heteroatoms. The van der Waals surface area contributed by atoms with Gasteiger partial charge in [-0.1, -0.05) is 47.5 Å². The summed E-state index contributed by atoms with van der Waals surface area (Å²) < 4.78 is 11.6. The summed E-state index contributed by atoms with van der Waals surface area (Å²) in [6, 6.07) is 16.7. The maximum Gasteiger partial charge on any atom is 0.271 e. The lowest BCUT2D eigenvalue weighted by Crippen LogP contribution is -2.01. The second-order valence-corrected chi connectivity index (χ2v) is 5.93. The molecular formula is C23H27O2+. The van der Waals surface area contributed by atoms with Gasteiger partial charge >= 0.3 is 0 Å². The number of ether oxygens (including phenoxy) is 2. The highest BCUT2D eigenvalue weighted by Gasteiger charge is 2.13. The fourth-order valence-electron chi connectivity index (χ4n) is 2.47. The highest BCUT2D eigenvalue weighted by molar-refractivity contribution is 5.61. The van der Waals surface area contributed by atoms with Crippen LogP contribution in [-0.2, 0) is 9.47 Å². The third-order valence-corrected chi connectivity index (χ3v) is 3.85. The molecule has 0 radical (unpaired) electrons. The van der Waals surface area contributed by atoms with Gasteiger partial charge in [-0.3, -0.25) is 0 Å². The van der Waals surface area contributed by atoms with Crippen molar-refractivity contribution < 1.29 is 9.47 Å². The summed E-state index contributed by atoms with van der Waals surface area (Å²) in [6.45, 7) is 9.42. The van der Waals surface area contributed by atoms with Crippen LogP contribution < -0.4 is 0 Å². The van der Waals surface area contributed by atoms with Crippen molar-refractivity contribution in [1.29, 1.82) is 0 Å². The fraction of sp³-hybridized carbons (Fsp3) is 0.304. The number of aryl methyl sites for hydroxylation is 2. The van der Waals surface area contributed by atoms with E-state index in [0.29, 0.717) is 13.2 Å². The zero-order chi connectivity index (χ0) is 18.1. The third-order valence-electron chi connectivity index (χ3n) is 3.85. The van der Waals surface area contributed by atoms with Crippen molar-refractivity contribution in [3.8, 4) is 0 Å². The number of hydrogen-bond acceptors (Lipinski definition) is 2. The first-order valence-corrected chi connectivity index (χ1v) is 8.81. The molecule has 0 saturated carbocycles. The van der Waals surface area contributed by atoms with E-state index in [1.165, 1.54) is 11.1 Å². The molecule has 2 aromatic carbocycles. The normalized spacial score (nSPS) is 12.9. The predicted octanol–water partition coefficient (Wildman–Crippen LogP) is 5.82. The molecule has 1 atom stereocenters. The molecule has 0 N–H and O–H groups in total. The SMILES string of the molecule is CCO/C(=C\[C+]=CC(OCC)c1ccc(C)cc1)c1ccc(C)cc1. The van der Waals surface area contributed by atoms with Gasteiger partial charge in [-0.25, -0.2) is 0 Å². The summed E-state index contributed by atoms with van der Waals surface area (Å²) in [6.07, 6.45) is 6.96. The zero-order valence-corrected chi connectivity index (χ0v) is 15.6. The van der Waals surface area contributed by atoms with E-state index in [0.717, 1.165) is 16.9 Å². The topological polar surface area (TPSA) is 18.5 Å². The number of rotatable bonds is 8. The van der Waals surface area contributed by atoms with Crippen LogP contribution in [0, 0.1) is 19.9 Å². The van der Waals surface area contributed by atoms with E-state index in [1.54, 1.807) is 0 Å². The van der Waals surface area contributed by atoms with Crippen LogP contribution in [-0.4, -0.2) is 13.2 Å². The van der Waals surface area contributed by atoms with Gasteiger partial charge in [-0.2, -0.15) is 0 Å². The fourth-order valence-corrected chi connectivity index (χ4v) is 2.47. The van der Waals surface area contributed by atoms with Crippen molar-refractivity contribution in [2.75, 3.05) is 13.2 Å². The average Bonchev–Trinajstić information content (AvgIpc) is 2.62. The van der Waals surface area contributed by atoms with Crippen LogP contribution in [0.15, 0.2) is 60.7 Å². The standard InChI is InChI=1S/C23H27O2/c1-5-24-22(20-14-10-18(3)11-15-20)8-7-9-23(25-6-2)21-16-12-19(4)13-17-21/h8-17,22H,5-6H2,1-4H3/q+1/b23-9-. The van der Waals surface area contributed by atoms with Gasteiger partial charge in [0.15, 0.2) is 0 Å². The van der Waals surface area contributed by atoms with Crippen LogP contribution in [0.3, 0.4) is 0 Å².